The molecule has 0 amide bonds. The second-order valence-corrected chi connectivity index (χ2v) is 5.16. The molecule has 0 radical (unpaired) electrons. The zero-order valence-corrected chi connectivity index (χ0v) is 10.5. The highest BCUT2D eigenvalue weighted by Gasteiger charge is 2.40. The van der Waals surface area contributed by atoms with Crippen LogP contribution in [-0.2, 0) is 0 Å². The van der Waals surface area contributed by atoms with Crippen LogP contribution in [0.25, 0.3) is 10.9 Å². The molecule has 1 aliphatic carbocycles. The molecule has 1 fully saturated rings. The molecule has 2 aromatic heterocycles. The Kier molecular flexibility index (Phi) is 2.34. The Hall–Kier alpha value is -2.22. The second-order valence-electron chi connectivity index (χ2n) is 5.16. The van der Waals surface area contributed by atoms with Crippen LogP contribution in [0, 0.1) is 0 Å². The van der Waals surface area contributed by atoms with Crippen LogP contribution in [0.4, 0.5) is 0 Å². The Labute approximate surface area is 112 Å². The first-order valence-electron chi connectivity index (χ1n) is 6.67. The summed E-state index contributed by atoms with van der Waals surface area (Å²) in [5.74, 6) is 1.16. The van der Waals surface area contributed by atoms with E-state index in [1.165, 1.54) is 23.1 Å². The van der Waals surface area contributed by atoms with Gasteiger partial charge in [0.1, 0.15) is 0 Å². The molecule has 1 aliphatic rings. The first kappa shape index (κ1) is 10.7. The van der Waals surface area contributed by atoms with Crippen molar-refractivity contribution in [2.24, 2.45) is 0 Å². The fourth-order valence-corrected chi connectivity index (χ4v) is 2.77. The third kappa shape index (κ3) is 1.89. The predicted molar refractivity (Wildman–Crippen MR) is 76.1 cm³/mol. The van der Waals surface area contributed by atoms with Crippen molar-refractivity contribution in [2.75, 3.05) is 0 Å². The van der Waals surface area contributed by atoms with Crippen LogP contribution in [0.5, 0.6) is 0 Å². The molecular weight excluding hydrogens is 232 g/mol. The maximum Gasteiger partial charge on any atom is 0.0705 e. The van der Waals surface area contributed by atoms with Crippen molar-refractivity contribution in [2.45, 2.75) is 18.3 Å². The van der Waals surface area contributed by atoms with Gasteiger partial charge in [-0.3, -0.25) is 9.97 Å². The number of nitrogens with zero attached hydrogens (tertiary/aromatic N) is 2. The smallest absolute Gasteiger partial charge is 0.0705 e. The molecule has 92 valence electrons. The first-order chi connectivity index (χ1) is 9.42. The summed E-state index contributed by atoms with van der Waals surface area (Å²) >= 11 is 0. The van der Waals surface area contributed by atoms with Gasteiger partial charge in [-0.15, -0.1) is 0 Å². The molecule has 1 aromatic carbocycles. The Bertz CT molecular complexity index is 721. The summed E-state index contributed by atoms with van der Waals surface area (Å²) in [5.41, 5.74) is 3.65. The number of para-hydroxylation sites is 1. The van der Waals surface area contributed by atoms with Crippen molar-refractivity contribution in [1.29, 1.82) is 0 Å². The number of rotatable bonds is 2. The number of aromatic nitrogens is 2. The average molecular weight is 246 g/mol. The van der Waals surface area contributed by atoms with Crippen LogP contribution in [0.2, 0.25) is 0 Å². The minimum atomic E-state index is 0.564. The summed E-state index contributed by atoms with van der Waals surface area (Å²) in [5, 5.41) is 1.21. The third-order valence-electron chi connectivity index (χ3n) is 3.90. The summed E-state index contributed by atoms with van der Waals surface area (Å²) in [4.78, 5) is 9.00. The van der Waals surface area contributed by atoms with Crippen molar-refractivity contribution in [3.05, 3.63) is 72.2 Å². The Balaban J connectivity index is 1.66. The number of fused-ring (bicyclic) bond motifs is 1. The maximum absolute atomic E-state index is 4.79. The third-order valence-corrected chi connectivity index (χ3v) is 3.90. The standard InChI is InChI=1S/C17H14N2/c1-2-6-16-12(4-1)7-8-17(19-16)15-10-14(15)13-5-3-9-18-11-13/h1-9,11,14-15H,10H2. The minimum Gasteiger partial charge on any atom is -0.264 e. The van der Waals surface area contributed by atoms with E-state index in [0.29, 0.717) is 11.8 Å². The fraction of sp³-hybridized carbons (Fsp3) is 0.176. The van der Waals surface area contributed by atoms with Crippen molar-refractivity contribution in [3.63, 3.8) is 0 Å². The summed E-state index contributed by atoms with van der Waals surface area (Å²) < 4.78 is 0. The molecule has 2 nitrogen and oxygen atoms in total. The molecule has 0 bridgehead atoms. The Morgan fingerprint density at radius 1 is 0.895 bits per heavy atom. The average Bonchev–Trinajstić information content (AvgIpc) is 3.28. The van der Waals surface area contributed by atoms with Crippen LogP contribution in [0.3, 0.4) is 0 Å². The van der Waals surface area contributed by atoms with E-state index in [1.54, 1.807) is 0 Å². The molecule has 2 unspecified atom stereocenters. The molecule has 4 rings (SSSR count). The highest BCUT2D eigenvalue weighted by atomic mass is 14.7. The molecule has 0 N–H and O–H groups in total. The molecule has 0 saturated heterocycles. The summed E-state index contributed by atoms with van der Waals surface area (Å²) in [7, 11) is 0. The van der Waals surface area contributed by atoms with Gasteiger partial charge >= 0.3 is 0 Å². The molecule has 0 aliphatic heterocycles. The molecule has 0 spiro atoms. The van der Waals surface area contributed by atoms with Gasteiger partial charge in [0.05, 0.1) is 5.52 Å². The summed E-state index contributed by atoms with van der Waals surface area (Å²) in [6.07, 6.45) is 5.00. The van der Waals surface area contributed by atoms with Gasteiger partial charge in [0, 0.05) is 29.4 Å². The molecule has 2 heterocycles. The quantitative estimate of drug-likeness (QED) is 0.685. The van der Waals surface area contributed by atoms with Gasteiger partial charge in [-0.25, -0.2) is 0 Å². The van der Waals surface area contributed by atoms with Crippen molar-refractivity contribution in [1.82, 2.24) is 9.97 Å². The van der Waals surface area contributed by atoms with E-state index in [-0.39, 0.29) is 0 Å². The maximum atomic E-state index is 4.79. The van der Waals surface area contributed by atoms with E-state index in [2.05, 4.69) is 41.4 Å². The fourth-order valence-electron chi connectivity index (χ4n) is 2.77. The van der Waals surface area contributed by atoms with Crippen LogP contribution in [0.15, 0.2) is 60.9 Å². The van der Waals surface area contributed by atoms with E-state index < -0.39 is 0 Å². The lowest BCUT2D eigenvalue weighted by Gasteiger charge is -2.02. The van der Waals surface area contributed by atoms with Gasteiger partial charge in [-0.1, -0.05) is 30.3 Å². The van der Waals surface area contributed by atoms with Crippen LogP contribution in [0.1, 0.15) is 29.5 Å². The van der Waals surface area contributed by atoms with Gasteiger partial charge in [0.15, 0.2) is 0 Å². The normalized spacial score (nSPS) is 21.5. The van der Waals surface area contributed by atoms with E-state index in [9.17, 15) is 0 Å². The highest BCUT2D eigenvalue weighted by Crippen LogP contribution is 2.53. The van der Waals surface area contributed by atoms with E-state index in [4.69, 9.17) is 4.98 Å². The van der Waals surface area contributed by atoms with Gasteiger partial charge in [-0.05, 0) is 36.1 Å². The SMILES string of the molecule is c1cncc(C2CC2c2ccc3ccccc3n2)c1. The first-order valence-corrected chi connectivity index (χ1v) is 6.67. The number of pyridine rings is 2. The van der Waals surface area contributed by atoms with Crippen LogP contribution >= 0.6 is 0 Å². The topological polar surface area (TPSA) is 25.8 Å². The second kappa shape index (κ2) is 4.16. The van der Waals surface area contributed by atoms with Crippen molar-refractivity contribution < 1.29 is 0 Å². The minimum absolute atomic E-state index is 0.564. The Morgan fingerprint density at radius 2 is 1.84 bits per heavy atom. The number of hydrogen-bond donors (Lipinski definition) is 0. The van der Waals surface area contributed by atoms with Gasteiger partial charge in [-0.2, -0.15) is 0 Å². The Morgan fingerprint density at radius 3 is 2.74 bits per heavy atom. The number of hydrogen-bond acceptors (Lipinski definition) is 2. The molecule has 2 heteroatoms. The van der Waals surface area contributed by atoms with Gasteiger partial charge < -0.3 is 0 Å². The van der Waals surface area contributed by atoms with Crippen molar-refractivity contribution >= 4 is 10.9 Å². The molecule has 1 saturated carbocycles. The lowest BCUT2D eigenvalue weighted by atomic mass is 10.1. The lowest BCUT2D eigenvalue weighted by molar-refractivity contribution is 0.971. The lowest BCUT2D eigenvalue weighted by Crippen LogP contribution is -1.90. The zero-order valence-electron chi connectivity index (χ0n) is 10.5. The monoisotopic (exact) mass is 246 g/mol. The molecular formula is C17H14N2. The van der Waals surface area contributed by atoms with Gasteiger partial charge in [0.2, 0.25) is 0 Å². The summed E-state index contributed by atoms with van der Waals surface area (Å²) in [6, 6.07) is 16.8. The summed E-state index contributed by atoms with van der Waals surface area (Å²) in [6.45, 7) is 0. The van der Waals surface area contributed by atoms with E-state index in [0.717, 1.165) is 5.52 Å². The zero-order chi connectivity index (χ0) is 12.7. The predicted octanol–water partition coefficient (Wildman–Crippen LogP) is 3.90. The van der Waals surface area contributed by atoms with E-state index >= 15 is 0 Å². The highest BCUT2D eigenvalue weighted by molar-refractivity contribution is 5.78. The molecule has 2 atom stereocenters. The van der Waals surface area contributed by atoms with Crippen LogP contribution < -0.4 is 0 Å². The number of benzene rings is 1. The molecule has 3 aromatic rings. The van der Waals surface area contributed by atoms with Gasteiger partial charge in [0.25, 0.3) is 0 Å². The van der Waals surface area contributed by atoms with Crippen LogP contribution in [-0.4, -0.2) is 9.97 Å². The van der Waals surface area contributed by atoms with Crippen molar-refractivity contribution in [3.8, 4) is 0 Å². The van der Waals surface area contributed by atoms with E-state index in [1.807, 2.05) is 24.5 Å². The molecule has 19 heavy (non-hydrogen) atoms. The largest absolute Gasteiger partial charge is 0.264 e.